The second-order valence-corrected chi connectivity index (χ2v) is 1.59. The zero-order chi connectivity index (χ0) is 7.98. The SMILES string of the molecule is COC/C(=C/C(=O)O)OC. The molecule has 1 N–H and O–H groups in total. The van der Waals surface area contributed by atoms with E-state index in [1.54, 1.807) is 0 Å². The monoisotopic (exact) mass is 146 g/mol. The van der Waals surface area contributed by atoms with Crippen molar-refractivity contribution in [2.45, 2.75) is 0 Å². The van der Waals surface area contributed by atoms with Crippen molar-refractivity contribution in [1.82, 2.24) is 0 Å². The summed E-state index contributed by atoms with van der Waals surface area (Å²) < 4.78 is 9.30. The minimum absolute atomic E-state index is 0.183. The third-order valence-electron chi connectivity index (χ3n) is 0.833. The zero-order valence-electron chi connectivity index (χ0n) is 5.96. The first-order valence-electron chi connectivity index (χ1n) is 2.67. The summed E-state index contributed by atoms with van der Waals surface area (Å²) in [5, 5.41) is 8.23. The molecule has 0 aromatic heterocycles. The van der Waals surface area contributed by atoms with Gasteiger partial charge in [-0.3, -0.25) is 0 Å². The largest absolute Gasteiger partial charge is 0.498 e. The molecule has 0 bridgehead atoms. The van der Waals surface area contributed by atoms with E-state index in [1.807, 2.05) is 0 Å². The molecule has 0 amide bonds. The minimum Gasteiger partial charge on any atom is -0.498 e. The van der Waals surface area contributed by atoms with Gasteiger partial charge in [0, 0.05) is 7.11 Å². The van der Waals surface area contributed by atoms with Gasteiger partial charge in [0.1, 0.15) is 12.4 Å². The van der Waals surface area contributed by atoms with Gasteiger partial charge in [-0.1, -0.05) is 0 Å². The molecule has 0 fully saturated rings. The van der Waals surface area contributed by atoms with Crippen LogP contribution in [0.5, 0.6) is 0 Å². The maximum Gasteiger partial charge on any atom is 0.331 e. The zero-order valence-corrected chi connectivity index (χ0v) is 5.96. The highest BCUT2D eigenvalue weighted by Crippen LogP contribution is 1.94. The van der Waals surface area contributed by atoms with Gasteiger partial charge < -0.3 is 14.6 Å². The maximum atomic E-state index is 10.0. The topological polar surface area (TPSA) is 55.8 Å². The molecule has 0 radical (unpaired) electrons. The van der Waals surface area contributed by atoms with Crippen molar-refractivity contribution < 1.29 is 19.4 Å². The third kappa shape index (κ3) is 3.91. The molecule has 0 heterocycles. The van der Waals surface area contributed by atoms with Crippen LogP contribution in [0.15, 0.2) is 11.8 Å². The van der Waals surface area contributed by atoms with Crippen molar-refractivity contribution in [2.24, 2.45) is 0 Å². The maximum absolute atomic E-state index is 10.0. The molecular formula is C6H10O4. The smallest absolute Gasteiger partial charge is 0.331 e. The van der Waals surface area contributed by atoms with E-state index in [-0.39, 0.29) is 6.61 Å². The average molecular weight is 146 g/mol. The van der Waals surface area contributed by atoms with Gasteiger partial charge in [0.05, 0.1) is 13.2 Å². The number of ether oxygens (including phenoxy) is 2. The summed E-state index contributed by atoms with van der Waals surface area (Å²) in [7, 11) is 2.86. The Labute approximate surface area is 59.1 Å². The van der Waals surface area contributed by atoms with Crippen LogP contribution in [0.2, 0.25) is 0 Å². The highest BCUT2D eigenvalue weighted by molar-refractivity contribution is 5.80. The predicted octanol–water partition coefficient (Wildman–Crippen LogP) is 0.248. The molecule has 58 valence electrons. The molecule has 0 saturated carbocycles. The molecule has 0 spiro atoms. The van der Waals surface area contributed by atoms with Gasteiger partial charge in [-0.15, -0.1) is 0 Å². The summed E-state index contributed by atoms with van der Waals surface area (Å²) in [5.74, 6) is -0.732. The van der Waals surface area contributed by atoms with E-state index >= 15 is 0 Å². The van der Waals surface area contributed by atoms with Crippen LogP contribution in [0.1, 0.15) is 0 Å². The summed E-state index contributed by atoms with van der Waals surface area (Å²) >= 11 is 0. The van der Waals surface area contributed by atoms with E-state index in [4.69, 9.17) is 5.11 Å². The van der Waals surface area contributed by atoms with Crippen LogP contribution in [0, 0.1) is 0 Å². The van der Waals surface area contributed by atoms with Crippen molar-refractivity contribution in [3.8, 4) is 0 Å². The lowest BCUT2D eigenvalue weighted by molar-refractivity contribution is -0.131. The fourth-order valence-corrected chi connectivity index (χ4v) is 0.439. The number of carbonyl (C=O) groups is 1. The Morgan fingerprint density at radius 2 is 2.20 bits per heavy atom. The van der Waals surface area contributed by atoms with Gasteiger partial charge in [-0.05, 0) is 0 Å². The number of hydrogen-bond donors (Lipinski definition) is 1. The number of carboxylic acids is 1. The average Bonchev–Trinajstić information content (AvgIpc) is 1.86. The lowest BCUT2D eigenvalue weighted by Gasteiger charge is -2.01. The number of methoxy groups -OCH3 is 2. The fraction of sp³-hybridized carbons (Fsp3) is 0.500. The Kier molecular flexibility index (Phi) is 4.32. The minimum atomic E-state index is -1.03. The van der Waals surface area contributed by atoms with Crippen LogP contribution in [0.3, 0.4) is 0 Å². The Morgan fingerprint density at radius 3 is 2.50 bits per heavy atom. The molecule has 10 heavy (non-hydrogen) atoms. The standard InChI is InChI=1S/C6H10O4/c1-9-4-5(10-2)3-6(7)8/h3H,4H2,1-2H3,(H,7,8)/b5-3-. The Morgan fingerprint density at radius 1 is 1.60 bits per heavy atom. The molecule has 0 unspecified atom stereocenters. The first-order valence-corrected chi connectivity index (χ1v) is 2.67. The number of carboxylic acid groups (broad SMARTS) is 1. The van der Waals surface area contributed by atoms with Crippen molar-refractivity contribution >= 4 is 5.97 Å². The highest BCUT2D eigenvalue weighted by Gasteiger charge is 1.97. The molecule has 0 saturated heterocycles. The van der Waals surface area contributed by atoms with E-state index in [0.717, 1.165) is 6.08 Å². The Bertz CT molecular complexity index is 139. The summed E-state index contributed by atoms with van der Waals surface area (Å²) in [5.41, 5.74) is 0. The highest BCUT2D eigenvalue weighted by atomic mass is 16.5. The van der Waals surface area contributed by atoms with E-state index in [2.05, 4.69) is 9.47 Å². The second kappa shape index (κ2) is 4.81. The van der Waals surface area contributed by atoms with Gasteiger partial charge in [0.2, 0.25) is 0 Å². The van der Waals surface area contributed by atoms with E-state index < -0.39 is 5.97 Å². The van der Waals surface area contributed by atoms with Gasteiger partial charge in [0.15, 0.2) is 0 Å². The van der Waals surface area contributed by atoms with Gasteiger partial charge in [-0.2, -0.15) is 0 Å². The second-order valence-electron chi connectivity index (χ2n) is 1.59. The first-order chi connectivity index (χ1) is 4.70. The first kappa shape index (κ1) is 8.97. The summed E-state index contributed by atoms with van der Waals surface area (Å²) in [6, 6.07) is 0. The van der Waals surface area contributed by atoms with E-state index in [0.29, 0.717) is 5.76 Å². The van der Waals surface area contributed by atoms with Gasteiger partial charge in [-0.25, -0.2) is 4.79 Å². The van der Waals surface area contributed by atoms with Crippen LogP contribution in [0.25, 0.3) is 0 Å². The van der Waals surface area contributed by atoms with Gasteiger partial charge in [0.25, 0.3) is 0 Å². The third-order valence-corrected chi connectivity index (χ3v) is 0.833. The summed E-state index contributed by atoms with van der Waals surface area (Å²) in [6.07, 6.45) is 0.962. The molecule has 0 aliphatic heterocycles. The van der Waals surface area contributed by atoms with Crippen LogP contribution in [0.4, 0.5) is 0 Å². The van der Waals surface area contributed by atoms with Crippen molar-refractivity contribution in [3.05, 3.63) is 11.8 Å². The lowest BCUT2D eigenvalue weighted by atomic mass is 10.4. The lowest BCUT2D eigenvalue weighted by Crippen LogP contribution is -2.00. The molecular weight excluding hydrogens is 136 g/mol. The Hall–Kier alpha value is -1.03. The molecule has 0 aromatic carbocycles. The quantitative estimate of drug-likeness (QED) is 0.456. The Balaban J connectivity index is 3.91. The van der Waals surface area contributed by atoms with Crippen LogP contribution in [-0.2, 0) is 14.3 Å². The number of rotatable bonds is 4. The van der Waals surface area contributed by atoms with E-state index in [1.165, 1.54) is 14.2 Å². The van der Waals surface area contributed by atoms with Gasteiger partial charge >= 0.3 is 5.97 Å². The normalized spacial score (nSPS) is 11.2. The van der Waals surface area contributed by atoms with Crippen LogP contribution >= 0.6 is 0 Å². The molecule has 0 rings (SSSR count). The van der Waals surface area contributed by atoms with Crippen molar-refractivity contribution in [3.63, 3.8) is 0 Å². The molecule has 0 aliphatic carbocycles. The van der Waals surface area contributed by atoms with Crippen LogP contribution in [-0.4, -0.2) is 31.9 Å². The van der Waals surface area contributed by atoms with Crippen molar-refractivity contribution in [2.75, 3.05) is 20.8 Å². The molecule has 4 nitrogen and oxygen atoms in total. The number of hydrogen-bond acceptors (Lipinski definition) is 3. The summed E-state index contributed by atoms with van der Waals surface area (Å²) in [6.45, 7) is 0.183. The predicted molar refractivity (Wildman–Crippen MR) is 34.6 cm³/mol. The molecule has 0 aliphatic rings. The van der Waals surface area contributed by atoms with E-state index in [9.17, 15) is 4.79 Å². The molecule has 0 atom stereocenters. The molecule has 4 heteroatoms. The number of aliphatic carboxylic acids is 1. The van der Waals surface area contributed by atoms with Crippen molar-refractivity contribution in [1.29, 1.82) is 0 Å². The molecule has 0 aromatic rings. The fourth-order valence-electron chi connectivity index (χ4n) is 0.439. The summed E-state index contributed by atoms with van der Waals surface area (Å²) in [4.78, 5) is 10.0. The van der Waals surface area contributed by atoms with Crippen LogP contribution < -0.4 is 0 Å².